The van der Waals surface area contributed by atoms with Crippen molar-refractivity contribution in [2.45, 2.75) is 4.90 Å². The predicted octanol–water partition coefficient (Wildman–Crippen LogP) is 4.64. The van der Waals surface area contributed by atoms with Crippen LogP contribution < -0.4 is 20.1 Å². The summed E-state index contributed by atoms with van der Waals surface area (Å²) in [5.41, 5.74) is 7.06. The zero-order valence-corrected chi connectivity index (χ0v) is 19.0. The van der Waals surface area contributed by atoms with Gasteiger partial charge in [0, 0.05) is 35.4 Å². The van der Waals surface area contributed by atoms with Crippen LogP contribution in [0.4, 0.5) is 11.4 Å². The predicted molar refractivity (Wildman–Crippen MR) is 127 cm³/mol. The molecule has 3 aromatic rings. The van der Waals surface area contributed by atoms with Gasteiger partial charge in [-0.3, -0.25) is 4.31 Å². The molecular formula is C22H23Cl2N3O3S. The first-order valence-electron chi connectivity index (χ1n) is 9.61. The number of sulfonamides is 1. The highest BCUT2D eigenvalue weighted by Gasteiger charge is 2.26. The van der Waals surface area contributed by atoms with E-state index < -0.39 is 10.0 Å². The van der Waals surface area contributed by atoms with Crippen LogP contribution >= 0.6 is 23.2 Å². The molecule has 0 radical (unpaired) electrons. The summed E-state index contributed by atoms with van der Waals surface area (Å²) in [6.45, 7) is 1.11. The molecule has 9 heteroatoms. The molecule has 0 saturated heterocycles. The first-order valence-corrected chi connectivity index (χ1v) is 11.8. The van der Waals surface area contributed by atoms with E-state index in [1.54, 1.807) is 48.5 Å². The number of hydrogen-bond acceptors (Lipinski definition) is 5. The first kappa shape index (κ1) is 23.2. The van der Waals surface area contributed by atoms with E-state index in [0.717, 1.165) is 5.69 Å². The van der Waals surface area contributed by atoms with Crippen molar-refractivity contribution in [3.05, 3.63) is 82.8 Å². The summed E-state index contributed by atoms with van der Waals surface area (Å²) in [7, 11) is -3.85. The summed E-state index contributed by atoms with van der Waals surface area (Å²) in [5, 5.41) is 4.35. The number of benzene rings is 3. The van der Waals surface area contributed by atoms with Gasteiger partial charge in [-0.1, -0.05) is 35.3 Å². The number of nitrogens with one attached hydrogen (secondary N) is 1. The molecule has 0 atom stereocenters. The minimum atomic E-state index is -3.85. The fourth-order valence-electron chi connectivity index (χ4n) is 2.93. The van der Waals surface area contributed by atoms with Crippen LogP contribution in [0.2, 0.25) is 10.0 Å². The molecule has 0 heterocycles. The second kappa shape index (κ2) is 10.7. The Kier molecular flexibility index (Phi) is 8.03. The summed E-state index contributed by atoms with van der Waals surface area (Å²) in [5.74, 6) is 0.450. The molecule has 0 bridgehead atoms. The van der Waals surface area contributed by atoms with Crippen LogP contribution in [-0.2, 0) is 10.0 Å². The SMILES string of the molecule is NCCN(c1ccccc1OCCNc1ccc(Cl)cc1)S(=O)(=O)c1ccc(Cl)cc1. The van der Waals surface area contributed by atoms with Crippen LogP contribution in [0.3, 0.4) is 0 Å². The summed E-state index contributed by atoms with van der Waals surface area (Å²) >= 11 is 11.8. The van der Waals surface area contributed by atoms with Crippen LogP contribution in [0.25, 0.3) is 0 Å². The third kappa shape index (κ3) is 6.04. The lowest BCUT2D eigenvalue weighted by Gasteiger charge is -2.26. The first-order chi connectivity index (χ1) is 14.9. The Morgan fingerprint density at radius 2 is 1.52 bits per heavy atom. The van der Waals surface area contributed by atoms with Gasteiger partial charge in [0.05, 0.1) is 10.6 Å². The van der Waals surface area contributed by atoms with Crippen molar-refractivity contribution in [2.24, 2.45) is 5.73 Å². The Balaban J connectivity index is 1.76. The monoisotopic (exact) mass is 479 g/mol. The van der Waals surface area contributed by atoms with E-state index in [-0.39, 0.29) is 18.0 Å². The van der Waals surface area contributed by atoms with Crippen molar-refractivity contribution < 1.29 is 13.2 Å². The molecule has 0 aromatic heterocycles. The molecule has 3 aromatic carbocycles. The normalized spacial score (nSPS) is 11.2. The van der Waals surface area contributed by atoms with E-state index in [4.69, 9.17) is 33.7 Å². The number of para-hydroxylation sites is 2. The summed E-state index contributed by atoms with van der Waals surface area (Å²) in [4.78, 5) is 0.129. The van der Waals surface area contributed by atoms with Gasteiger partial charge in [0.15, 0.2) is 0 Å². The van der Waals surface area contributed by atoms with Crippen molar-refractivity contribution in [1.29, 1.82) is 0 Å². The van der Waals surface area contributed by atoms with Crippen LogP contribution in [0.15, 0.2) is 77.7 Å². The number of nitrogens with two attached hydrogens (primary N) is 1. The molecule has 164 valence electrons. The number of anilines is 2. The van der Waals surface area contributed by atoms with Gasteiger partial charge in [-0.15, -0.1) is 0 Å². The van der Waals surface area contributed by atoms with Gasteiger partial charge in [0.25, 0.3) is 10.0 Å². The molecular weight excluding hydrogens is 457 g/mol. The fourth-order valence-corrected chi connectivity index (χ4v) is 4.67. The molecule has 0 aliphatic rings. The topological polar surface area (TPSA) is 84.7 Å². The molecule has 0 amide bonds. The number of ether oxygens (including phenoxy) is 1. The highest BCUT2D eigenvalue weighted by Crippen LogP contribution is 2.32. The van der Waals surface area contributed by atoms with Crippen LogP contribution in [0.5, 0.6) is 5.75 Å². The lowest BCUT2D eigenvalue weighted by atomic mass is 10.3. The Morgan fingerprint density at radius 3 is 2.16 bits per heavy atom. The summed E-state index contributed by atoms with van der Waals surface area (Å²) in [6, 6.07) is 20.4. The third-order valence-corrected chi connectivity index (χ3v) is 6.73. The van der Waals surface area contributed by atoms with E-state index in [2.05, 4.69) is 5.32 Å². The average molecular weight is 480 g/mol. The van der Waals surface area contributed by atoms with Gasteiger partial charge >= 0.3 is 0 Å². The van der Waals surface area contributed by atoms with E-state index >= 15 is 0 Å². The van der Waals surface area contributed by atoms with E-state index in [0.29, 0.717) is 34.6 Å². The summed E-state index contributed by atoms with van der Waals surface area (Å²) < 4.78 is 33.7. The zero-order valence-electron chi connectivity index (χ0n) is 16.7. The zero-order chi connectivity index (χ0) is 22.3. The van der Waals surface area contributed by atoms with Crippen LogP contribution in [0.1, 0.15) is 0 Å². The molecule has 0 spiro atoms. The third-order valence-electron chi connectivity index (χ3n) is 4.40. The van der Waals surface area contributed by atoms with Gasteiger partial charge in [0.2, 0.25) is 0 Å². The minimum Gasteiger partial charge on any atom is -0.490 e. The fraction of sp³-hybridized carbons (Fsp3) is 0.182. The van der Waals surface area contributed by atoms with E-state index in [1.165, 1.54) is 16.4 Å². The minimum absolute atomic E-state index is 0.106. The van der Waals surface area contributed by atoms with Gasteiger partial charge in [-0.25, -0.2) is 8.42 Å². The number of rotatable bonds is 10. The molecule has 0 saturated carbocycles. The average Bonchev–Trinajstić information content (AvgIpc) is 2.77. The second-order valence-electron chi connectivity index (χ2n) is 6.57. The van der Waals surface area contributed by atoms with Crippen molar-refractivity contribution in [2.75, 3.05) is 35.9 Å². The molecule has 0 aliphatic carbocycles. The molecule has 0 unspecified atom stereocenters. The Morgan fingerprint density at radius 1 is 0.903 bits per heavy atom. The van der Waals surface area contributed by atoms with E-state index in [1.807, 2.05) is 12.1 Å². The van der Waals surface area contributed by atoms with Crippen molar-refractivity contribution >= 4 is 44.6 Å². The van der Waals surface area contributed by atoms with Crippen LogP contribution in [0, 0.1) is 0 Å². The maximum absolute atomic E-state index is 13.3. The maximum Gasteiger partial charge on any atom is 0.264 e. The number of halogens is 2. The molecule has 31 heavy (non-hydrogen) atoms. The maximum atomic E-state index is 13.3. The van der Waals surface area contributed by atoms with Gasteiger partial charge in [-0.05, 0) is 60.7 Å². The molecule has 3 N–H and O–H groups in total. The van der Waals surface area contributed by atoms with Gasteiger partial charge in [-0.2, -0.15) is 0 Å². The largest absolute Gasteiger partial charge is 0.490 e. The highest BCUT2D eigenvalue weighted by atomic mass is 35.5. The quantitative estimate of drug-likeness (QED) is 0.413. The van der Waals surface area contributed by atoms with Crippen molar-refractivity contribution in [1.82, 2.24) is 0 Å². The highest BCUT2D eigenvalue weighted by molar-refractivity contribution is 7.92. The lowest BCUT2D eigenvalue weighted by Crippen LogP contribution is -2.35. The van der Waals surface area contributed by atoms with Gasteiger partial charge in [0.1, 0.15) is 12.4 Å². The standard InChI is InChI=1S/C22H23Cl2N3O3S/c23-17-5-9-19(10-6-17)26-14-16-30-22-4-2-1-3-21(22)27(15-13-25)31(28,29)20-11-7-18(24)8-12-20/h1-12,26H,13-16,25H2. The van der Waals surface area contributed by atoms with Crippen LogP contribution in [-0.4, -0.2) is 34.7 Å². The van der Waals surface area contributed by atoms with Crippen molar-refractivity contribution in [3.8, 4) is 5.75 Å². The Bertz CT molecular complexity index is 1090. The number of nitrogens with zero attached hydrogens (tertiary/aromatic N) is 1. The smallest absolute Gasteiger partial charge is 0.264 e. The van der Waals surface area contributed by atoms with Gasteiger partial charge < -0.3 is 15.8 Å². The Labute approximate surface area is 192 Å². The molecule has 3 rings (SSSR count). The molecule has 0 fully saturated rings. The summed E-state index contributed by atoms with van der Waals surface area (Å²) in [6.07, 6.45) is 0. The van der Waals surface area contributed by atoms with E-state index in [9.17, 15) is 8.42 Å². The second-order valence-corrected chi connectivity index (χ2v) is 9.30. The number of hydrogen-bond donors (Lipinski definition) is 2. The Hall–Kier alpha value is -2.45. The molecule has 6 nitrogen and oxygen atoms in total. The lowest BCUT2D eigenvalue weighted by molar-refractivity contribution is 0.333. The molecule has 0 aliphatic heterocycles. The van der Waals surface area contributed by atoms with Crippen molar-refractivity contribution in [3.63, 3.8) is 0 Å².